The van der Waals surface area contributed by atoms with Gasteiger partial charge in [0.25, 0.3) is 5.91 Å². The van der Waals surface area contributed by atoms with E-state index in [-0.39, 0.29) is 24.0 Å². The fourth-order valence-corrected chi connectivity index (χ4v) is 6.31. The van der Waals surface area contributed by atoms with Crippen LogP contribution >= 0.6 is 11.3 Å². The molecule has 2 atom stereocenters. The highest BCUT2D eigenvalue weighted by molar-refractivity contribution is 7.17. The van der Waals surface area contributed by atoms with E-state index < -0.39 is 5.54 Å². The van der Waals surface area contributed by atoms with Crippen LogP contribution < -0.4 is 5.32 Å². The summed E-state index contributed by atoms with van der Waals surface area (Å²) in [5.74, 6) is -0.0763. The zero-order valence-electron chi connectivity index (χ0n) is 18.4. The van der Waals surface area contributed by atoms with Crippen molar-refractivity contribution in [2.24, 2.45) is 0 Å². The Hall–Kier alpha value is -1.86. The predicted molar refractivity (Wildman–Crippen MR) is 122 cm³/mol. The van der Waals surface area contributed by atoms with Crippen LogP contribution in [-0.4, -0.2) is 52.1 Å². The summed E-state index contributed by atoms with van der Waals surface area (Å²) in [5.41, 5.74) is 0.818. The molecule has 1 aliphatic carbocycles. The number of nitrogens with zero attached hydrogens (tertiary/aromatic N) is 2. The molecular weight excluding hydrogens is 410 g/mol. The summed E-state index contributed by atoms with van der Waals surface area (Å²) in [6.07, 6.45) is 10.2. The van der Waals surface area contributed by atoms with Gasteiger partial charge in [0.15, 0.2) is 0 Å². The molecule has 2 aromatic rings. The standard InChI is InChI=1S/C24H33N3O3S/c1-24(23(29)25-17-8-5-3-2-4-6-9-17)16-26-19-11-13-31-21(19)14-20(26)22(28)27(24)15-18-10-7-12-30-18/h11,13-14,17-18H,2-10,12,15-16H2,1H3,(H,25,29)/t18-,24-/m0/s1. The number of ether oxygens (including phenoxy) is 1. The van der Waals surface area contributed by atoms with Gasteiger partial charge in [-0.2, -0.15) is 0 Å². The molecule has 0 aromatic carbocycles. The van der Waals surface area contributed by atoms with Crippen LogP contribution in [-0.2, 0) is 16.1 Å². The molecule has 1 saturated heterocycles. The summed E-state index contributed by atoms with van der Waals surface area (Å²) in [6, 6.07) is 4.24. The molecule has 5 rings (SSSR count). The Labute approximate surface area is 187 Å². The van der Waals surface area contributed by atoms with Crippen molar-refractivity contribution in [1.82, 2.24) is 14.8 Å². The number of amides is 2. The lowest BCUT2D eigenvalue weighted by molar-refractivity contribution is -0.134. The van der Waals surface area contributed by atoms with Gasteiger partial charge >= 0.3 is 0 Å². The third-order valence-corrected chi connectivity index (χ3v) is 8.24. The lowest BCUT2D eigenvalue weighted by Gasteiger charge is -2.45. The van der Waals surface area contributed by atoms with E-state index in [9.17, 15) is 9.59 Å². The summed E-state index contributed by atoms with van der Waals surface area (Å²) in [4.78, 5) is 29.2. The Morgan fingerprint density at radius 2 is 1.97 bits per heavy atom. The van der Waals surface area contributed by atoms with E-state index in [0.717, 1.165) is 55.3 Å². The molecule has 2 amide bonds. The van der Waals surface area contributed by atoms with Gasteiger partial charge in [-0.25, -0.2) is 0 Å². The van der Waals surface area contributed by atoms with E-state index in [1.165, 1.54) is 19.3 Å². The third kappa shape index (κ3) is 3.91. The van der Waals surface area contributed by atoms with Gasteiger partial charge in [0.05, 0.1) is 22.9 Å². The van der Waals surface area contributed by atoms with Crippen LogP contribution in [0.15, 0.2) is 17.5 Å². The van der Waals surface area contributed by atoms with Gasteiger partial charge in [-0.3, -0.25) is 9.59 Å². The minimum Gasteiger partial charge on any atom is -0.376 e. The molecule has 0 bridgehead atoms. The van der Waals surface area contributed by atoms with Gasteiger partial charge < -0.3 is 19.5 Å². The number of hydrogen-bond donors (Lipinski definition) is 1. The van der Waals surface area contributed by atoms with Gasteiger partial charge in [-0.1, -0.05) is 32.1 Å². The normalized spacial score (nSPS) is 27.8. The van der Waals surface area contributed by atoms with E-state index in [1.807, 2.05) is 18.4 Å². The second-order valence-electron chi connectivity index (χ2n) is 9.63. The average Bonchev–Trinajstić information content (AvgIpc) is 3.46. The Balaban J connectivity index is 1.45. The van der Waals surface area contributed by atoms with E-state index in [4.69, 9.17) is 4.74 Å². The van der Waals surface area contributed by atoms with Crippen molar-refractivity contribution >= 4 is 33.4 Å². The summed E-state index contributed by atoms with van der Waals surface area (Å²) in [5, 5.41) is 5.40. The Morgan fingerprint density at radius 1 is 1.19 bits per heavy atom. The van der Waals surface area contributed by atoms with E-state index in [2.05, 4.69) is 16.0 Å². The molecule has 2 aromatic heterocycles. The van der Waals surface area contributed by atoms with Crippen molar-refractivity contribution in [2.45, 2.75) is 88.9 Å². The molecule has 1 N–H and O–H groups in total. The van der Waals surface area contributed by atoms with Crippen LogP contribution in [0.25, 0.3) is 10.2 Å². The van der Waals surface area contributed by atoms with Crippen molar-refractivity contribution in [3.05, 3.63) is 23.2 Å². The monoisotopic (exact) mass is 443 g/mol. The Morgan fingerprint density at radius 3 is 2.71 bits per heavy atom. The lowest BCUT2D eigenvalue weighted by atomic mass is 9.91. The quantitative estimate of drug-likeness (QED) is 0.765. The molecule has 4 heterocycles. The maximum absolute atomic E-state index is 13.8. The summed E-state index contributed by atoms with van der Waals surface area (Å²) in [6.45, 7) is 3.65. The molecule has 6 nitrogen and oxygen atoms in total. The van der Waals surface area contributed by atoms with Gasteiger partial charge in [0.1, 0.15) is 11.2 Å². The third-order valence-electron chi connectivity index (χ3n) is 7.39. The van der Waals surface area contributed by atoms with Gasteiger partial charge in [-0.05, 0) is 50.1 Å². The van der Waals surface area contributed by atoms with Crippen molar-refractivity contribution in [3.63, 3.8) is 0 Å². The first-order valence-corrected chi connectivity index (χ1v) is 12.8. The van der Waals surface area contributed by atoms with Crippen molar-refractivity contribution in [2.75, 3.05) is 13.2 Å². The van der Waals surface area contributed by atoms with Crippen LogP contribution in [0, 0.1) is 0 Å². The summed E-state index contributed by atoms with van der Waals surface area (Å²) < 4.78 is 9.01. The first kappa shape index (κ1) is 21.0. The van der Waals surface area contributed by atoms with Crippen molar-refractivity contribution < 1.29 is 14.3 Å². The zero-order chi connectivity index (χ0) is 21.4. The number of nitrogens with one attached hydrogen (secondary N) is 1. The topological polar surface area (TPSA) is 63.6 Å². The van der Waals surface area contributed by atoms with Gasteiger partial charge in [-0.15, -0.1) is 11.3 Å². The van der Waals surface area contributed by atoms with Gasteiger partial charge in [0, 0.05) is 19.2 Å². The molecular formula is C24H33N3O3S. The van der Waals surface area contributed by atoms with Crippen LogP contribution in [0.4, 0.5) is 0 Å². The lowest BCUT2D eigenvalue weighted by Crippen LogP contribution is -2.66. The number of thiophene rings is 1. The number of rotatable bonds is 4. The molecule has 168 valence electrons. The predicted octanol–water partition coefficient (Wildman–Crippen LogP) is 4.33. The first-order chi connectivity index (χ1) is 15.1. The number of fused-ring (bicyclic) bond motifs is 3. The molecule has 0 spiro atoms. The van der Waals surface area contributed by atoms with Gasteiger partial charge in [0.2, 0.25) is 5.91 Å². The first-order valence-electron chi connectivity index (χ1n) is 11.9. The highest BCUT2D eigenvalue weighted by Gasteiger charge is 2.49. The molecule has 2 aliphatic heterocycles. The molecule has 3 aliphatic rings. The van der Waals surface area contributed by atoms with Crippen LogP contribution in [0.3, 0.4) is 0 Å². The Bertz CT molecular complexity index is 953. The maximum Gasteiger partial charge on any atom is 0.271 e. The van der Waals surface area contributed by atoms with E-state index in [0.29, 0.717) is 18.8 Å². The average molecular weight is 444 g/mol. The molecule has 2 fully saturated rings. The second kappa shape index (κ2) is 8.58. The highest BCUT2D eigenvalue weighted by atomic mass is 32.1. The number of carbonyl (C=O) groups is 2. The molecule has 1 saturated carbocycles. The summed E-state index contributed by atoms with van der Waals surface area (Å²) >= 11 is 1.64. The van der Waals surface area contributed by atoms with Crippen molar-refractivity contribution in [3.8, 4) is 0 Å². The summed E-state index contributed by atoms with van der Waals surface area (Å²) in [7, 11) is 0. The van der Waals surface area contributed by atoms with E-state index >= 15 is 0 Å². The van der Waals surface area contributed by atoms with Crippen LogP contribution in [0.5, 0.6) is 0 Å². The maximum atomic E-state index is 13.8. The second-order valence-corrected chi connectivity index (χ2v) is 10.6. The van der Waals surface area contributed by atoms with Crippen LogP contribution in [0.1, 0.15) is 75.2 Å². The fourth-order valence-electron chi connectivity index (χ4n) is 5.49. The number of aromatic nitrogens is 1. The van der Waals surface area contributed by atoms with E-state index in [1.54, 1.807) is 16.2 Å². The minimum absolute atomic E-state index is 0.0140. The molecule has 31 heavy (non-hydrogen) atoms. The van der Waals surface area contributed by atoms with Crippen molar-refractivity contribution in [1.29, 1.82) is 0 Å². The van der Waals surface area contributed by atoms with Crippen LogP contribution in [0.2, 0.25) is 0 Å². The molecule has 7 heteroatoms. The number of carbonyl (C=O) groups excluding carboxylic acids is 2. The molecule has 0 unspecified atom stereocenters. The Kier molecular flexibility index (Phi) is 5.82. The minimum atomic E-state index is -0.924. The fraction of sp³-hybridized carbons (Fsp3) is 0.667. The zero-order valence-corrected chi connectivity index (χ0v) is 19.2. The smallest absolute Gasteiger partial charge is 0.271 e. The molecule has 0 radical (unpaired) electrons. The SMILES string of the molecule is C[C@@]1(C(=O)NC2CCCCCCC2)Cn2c(cc3sccc32)C(=O)N1C[C@@H]1CCCO1. The highest BCUT2D eigenvalue weighted by Crippen LogP contribution is 2.35. The largest absolute Gasteiger partial charge is 0.376 e. The number of hydrogen-bond acceptors (Lipinski definition) is 4.